The summed E-state index contributed by atoms with van der Waals surface area (Å²) < 4.78 is 31.7. The Morgan fingerprint density at radius 3 is 2.71 bits per heavy atom. The van der Waals surface area contributed by atoms with E-state index in [1.807, 2.05) is 0 Å². The second-order valence-corrected chi connectivity index (χ2v) is 4.17. The lowest BCUT2D eigenvalue weighted by molar-refractivity contribution is 0.474. The minimum absolute atomic E-state index is 0.155. The number of benzene rings is 1. The van der Waals surface area contributed by atoms with Gasteiger partial charge in [-0.05, 0) is 22.0 Å². The molecule has 0 spiro atoms. The molecule has 0 atom stereocenters. The summed E-state index contributed by atoms with van der Waals surface area (Å²) in [7, 11) is 0. The number of halogens is 3. The molecule has 2 rings (SSSR count). The fraction of sp³-hybridized carbons (Fsp3) is 0.200. The van der Waals surface area contributed by atoms with Crippen molar-refractivity contribution in [2.75, 3.05) is 5.32 Å². The second kappa shape index (κ2) is 4.79. The average Bonchev–Trinajstić information content (AvgIpc) is 2.62. The lowest BCUT2D eigenvalue weighted by Gasteiger charge is -2.07. The first-order valence-electron chi connectivity index (χ1n) is 4.73. The topological polar surface area (TPSA) is 51.0 Å². The maximum atomic E-state index is 13.4. The molecule has 17 heavy (non-hydrogen) atoms. The zero-order valence-corrected chi connectivity index (χ0v) is 10.4. The lowest BCUT2D eigenvalue weighted by Crippen LogP contribution is -2.03. The van der Waals surface area contributed by atoms with Crippen LogP contribution in [0.15, 0.2) is 21.0 Å². The summed E-state index contributed by atoms with van der Waals surface area (Å²) in [5, 5.41) is 10.1. The van der Waals surface area contributed by atoms with Crippen molar-refractivity contribution in [3.63, 3.8) is 0 Å². The molecular formula is C10H8BrF2N3O. The van der Waals surface area contributed by atoms with E-state index in [0.29, 0.717) is 16.3 Å². The smallest absolute Gasteiger partial charge is 0.235 e. The molecule has 0 saturated carbocycles. The van der Waals surface area contributed by atoms with Crippen LogP contribution in [0.1, 0.15) is 11.8 Å². The van der Waals surface area contributed by atoms with Crippen LogP contribution in [0.5, 0.6) is 0 Å². The van der Waals surface area contributed by atoms with Crippen LogP contribution in [0.3, 0.4) is 0 Å². The molecule has 1 aromatic heterocycles. The summed E-state index contributed by atoms with van der Waals surface area (Å²) in [5.41, 5.74) is 0.155. The van der Waals surface area contributed by atoms with E-state index >= 15 is 0 Å². The fourth-order valence-electron chi connectivity index (χ4n) is 1.28. The maximum Gasteiger partial charge on any atom is 0.235 e. The van der Waals surface area contributed by atoms with Crippen molar-refractivity contribution in [2.24, 2.45) is 0 Å². The van der Waals surface area contributed by atoms with E-state index in [1.165, 1.54) is 6.07 Å². The zero-order valence-electron chi connectivity index (χ0n) is 8.80. The third kappa shape index (κ3) is 2.79. The summed E-state index contributed by atoms with van der Waals surface area (Å²) in [6, 6.07) is 1.97. The quantitative estimate of drug-likeness (QED) is 0.947. The van der Waals surface area contributed by atoms with Crippen molar-refractivity contribution in [3.05, 3.63) is 40.0 Å². The van der Waals surface area contributed by atoms with Gasteiger partial charge in [-0.15, -0.1) is 10.2 Å². The van der Waals surface area contributed by atoms with E-state index in [4.69, 9.17) is 4.42 Å². The van der Waals surface area contributed by atoms with Crippen molar-refractivity contribution in [3.8, 4) is 0 Å². The van der Waals surface area contributed by atoms with Crippen LogP contribution in [0.2, 0.25) is 0 Å². The Hall–Kier alpha value is -1.50. The Balaban J connectivity index is 2.14. The molecule has 0 amide bonds. The Bertz CT molecular complexity index is 521. The lowest BCUT2D eigenvalue weighted by atomic mass is 10.3. The standard InChI is InChI=1S/C10H8BrF2N3O/c1-5-15-16-9(17-5)4-14-10-7(11)2-6(12)3-8(10)13/h2-3,14H,4H2,1H3. The minimum atomic E-state index is -0.687. The highest BCUT2D eigenvalue weighted by Gasteiger charge is 2.10. The molecule has 7 heteroatoms. The van der Waals surface area contributed by atoms with E-state index in [1.54, 1.807) is 6.92 Å². The monoisotopic (exact) mass is 303 g/mol. The molecule has 1 heterocycles. The predicted octanol–water partition coefficient (Wildman–Crippen LogP) is 3.03. The molecule has 0 bridgehead atoms. The van der Waals surface area contributed by atoms with Gasteiger partial charge >= 0.3 is 0 Å². The zero-order chi connectivity index (χ0) is 12.4. The highest BCUT2D eigenvalue weighted by atomic mass is 79.9. The van der Waals surface area contributed by atoms with Crippen molar-refractivity contribution in [1.29, 1.82) is 0 Å². The number of hydrogen-bond donors (Lipinski definition) is 1. The molecule has 0 fully saturated rings. The molecule has 1 N–H and O–H groups in total. The summed E-state index contributed by atoms with van der Waals surface area (Å²) in [6.45, 7) is 1.83. The summed E-state index contributed by atoms with van der Waals surface area (Å²) >= 11 is 3.07. The van der Waals surface area contributed by atoms with Gasteiger partial charge in [-0.2, -0.15) is 0 Å². The normalized spacial score (nSPS) is 10.6. The van der Waals surface area contributed by atoms with Gasteiger partial charge in [-0.3, -0.25) is 0 Å². The van der Waals surface area contributed by atoms with Crippen LogP contribution >= 0.6 is 15.9 Å². The van der Waals surface area contributed by atoms with Crippen LogP contribution in [0.4, 0.5) is 14.5 Å². The van der Waals surface area contributed by atoms with Gasteiger partial charge in [0.25, 0.3) is 0 Å². The van der Waals surface area contributed by atoms with Gasteiger partial charge in [0.2, 0.25) is 11.8 Å². The van der Waals surface area contributed by atoms with E-state index in [9.17, 15) is 8.78 Å². The second-order valence-electron chi connectivity index (χ2n) is 3.31. The van der Waals surface area contributed by atoms with Gasteiger partial charge in [-0.1, -0.05) is 0 Å². The highest BCUT2D eigenvalue weighted by molar-refractivity contribution is 9.10. The molecule has 0 aliphatic rings. The SMILES string of the molecule is Cc1nnc(CNc2c(F)cc(F)cc2Br)o1. The van der Waals surface area contributed by atoms with Gasteiger partial charge in [0, 0.05) is 17.5 Å². The molecule has 1 aromatic carbocycles. The third-order valence-corrected chi connectivity index (χ3v) is 2.62. The van der Waals surface area contributed by atoms with Crippen molar-refractivity contribution >= 4 is 21.6 Å². The first-order valence-corrected chi connectivity index (χ1v) is 5.53. The molecule has 0 unspecified atom stereocenters. The van der Waals surface area contributed by atoms with E-state index in [0.717, 1.165) is 6.07 Å². The molecule has 0 aliphatic heterocycles. The van der Waals surface area contributed by atoms with E-state index in [-0.39, 0.29) is 12.2 Å². The van der Waals surface area contributed by atoms with Crippen LogP contribution < -0.4 is 5.32 Å². The van der Waals surface area contributed by atoms with Crippen LogP contribution in [0, 0.1) is 18.6 Å². The fourth-order valence-corrected chi connectivity index (χ4v) is 1.83. The Morgan fingerprint density at radius 2 is 2.12 bits per heavy atom. The average molecular weight is 304 g/mol. The van der Waals surface area contributed by atoms with Gasteiger partial charge in [0.15, 0.2) is 0 Å². The first-order chi connectivity index (χ1) is 8.06. The van der Waals surface area contributed by atoms with Crippen LogP contribution in [-0.2, 0) is 6.54 Å². The molecule has 0 radical (unpaired) electrons. The summed E-state index contributed by atoms with van der Waals surface area (Å²) in [4.78, 5) is 0. The molecule has 0 aliphatic carbocycles. The number of nitrogens with zero attached hydrogens (tertiary/aromatic N) is 2. The van der Waals surface area contributed by atoms with Crippen molar-refractivity contribution < 1.29 is 13.2 Å². The number of hydrogen-bond acceptors (Lipinski definition) is 4. The van der Waals surface area contributed by atoms with E-state index < -0.39 is 11.6 Å². The predicted molar refractivity (Wildman–Crippen MR) is 60.4 cm³/mol. The number of aryl methyl sites for hydroxylation is 1. The largest absolute Gasteiger partial charge is 0.424 e. The highest BCUT2D eigenvalue weighted by Crippen LogP contribution is 2.27. The Morgan fingerprint density at radius 1 is 1.35 bits per heavy atom. The number of aromatic nitrogens is 2. The first kappa shape index (κ1) is 12.0. The number of anilines is 1. The molecule has 0 saturated heterocycles. The number of rotatable bonds is 3. The van der Waals surface area contributed by atoms with Crippen molar-refractivity contribution in [1.82, 2.24) is 10.2 Å². The van der Waals surface area contributed by atoms with Crippen molar-refractivity contribution in [2.45, 2.75) is 13.5 Å². The molecular weight excluding hydrogens is 296 g/mol. The maximum absolute atomic E-state index is 13.4. The van der Waals surface area contributed by atoms with Gasteiger partial charge in [-0.25, -0.2) is 8.78 Å². The summed E-state index contributed by atoms with van der Waals surface area (Å²) in [6.07, 6.45) is 0. The Labute approximate surface area is 104 Å². The van der Waals surface area contributed by atoms with Gasteiger partial charge in [0.05, 0.1) is 12.2 Å². The molecule has 4 nitrogen and oxygen atoms in total. The molecule has 90 valence electrons. The third-order valence-electron chi connectivity index (χ3n) is 1.99. The summed E-state index contributed by atoms with van der Waals surface area (Å²) in [5.74, 6) is -0.569. The number of nitrogens with one attached hydrogen (secondary N) is 1. The van der Waals surface area contributed by atoms with E-state index in [2.05, 4.69) is 31.4 Å². The molecule has 2 aromatic rings. The van der Waals surface area contributed by atoms with Gasteiger partial charge in [0.1, 0.15) is 11.6 Å². The van der Waals surface area contributed by atoms with Crippen LogP contribution in [-0.4, -0.2) is 10.2 Å². The van der Waals surface area contributed by atoms with Gasteiger partial charge < -0.3 is 9.73 Å². The minimum Gasteiger partial charge on any atom is -0.424 e. The van der Waals surface area contributed by atoms with Crippen LogP contribution in [0.25, 0.3) is 0 Å². The Kier molecular flexibility index (Phi) is 3.37.